The maximum Gasteiger partial charge on any atom is 0.141 e. The number of nitriles is 2. The zero-order valence-electron chi connectivity index (χ0n) is 7.05. The van der Waals surface area contributed by atoms with Crippen molar-refractivity contribution in [2.45, 2.75) is 0 Å². The normalized spacial score (nSPS) is 8.50. The summed E-state index contributed by atoms with van der Waals surface area (Å²) in [5.74, 6) is 0. The summed E-state index contributed by atoms with van der Waals surface area (Å²) in [6.07, 6.45) is 0. The lowest BCUT2D eigenvalue weighted by atomic mass is 9.81. The van der Waals surface area contributed by atoms with Crippen LogP contribution in [0.1, 0.15) is 11.1 Å². The van der Waals surface area contributed by atoms with Gasteiger partial charge in [-0.3, -0.25) is 0 Å². The van der Waals surface area contributed by atoms with Crippen LogP contribution in [0.4, 0.5) is 0 Å². The first-order valence-electron chi connectivity index (χ1n) is 3.61. The average molecular weight is 152 g/mol. The maximum absolute atomic E-state index is 8.75. The van der Waals surface area contributed by atoms with Crippen LogP contribution in [0.5, 0.6) is 0 Å². The summed E-state index contributed by atoms with van der Waals surface area (Å²) in [7, 11) is 3.66. The lowest BCUT2D eigenvalue weighted by Gasteiger charge is -2.02. The molecule has 0 fully saturated rings. The first-order valence-corrected chi connectivity index (χ1v) is 3.61. The molecule has 1 rings (SSSR count). The summed E-state index contributed by atoms with van der Waals surface area (Å²) in [6.45, 7) is 0. The van der Waals surface area contributed by atoms with E-state index < -0.39 is 0 Å². The Balaban J connectivity index is 3.55. The molecular formula is C8H6B2N2. The first kappa shape index (κ1) is 8.43. The minimum absolute atomic E-state index is 0.498. The van der Waals surface area contributed by atoms with E-state index in [0.29, 0.717) is 11.1 Å². The Morgan fingerprint density at radius 2 is 1.25 bits per heavy atom. The van der Waals surface area contributed by atoms with Crippen molar-refractivity contribution in [3.8, 4) is 12.1 Å². The molecule has 0 unspecified atom stereocenters. The molecule has 2 nitrogen and oxygen atoms in total. The zero-order chi connectivity index (χ0) is 9.14. The van der Waals surface area contributed by atoms with Crippen LogP contribution >= 0.6 is 0 Å². The highest BCUT2D eigenvalue weighted by molar-refractivity contribution is 6.38. The van der Waals surface area contributed by atoms with E-state index in [4.69, 9.17) is 10.5 Å². The summed E-state index contributed by atoms with van der Waals surface area (Å²) in [5, 5.41) is 17.5. The number of nitrogens with zero attached hydrogens (tertiary/aromatic N) is 2. The van der Waals surface area contributed by atoms with Crippen LogP contribution in [0.3, 0.4) is 0 Å². The van der Waals surface area contributed by atoms with Crippen molar-refractivity contribution in [2.75, 3.05) is 0 Å². The highest BCUT2D eigenvalue weighted by Crippen LogP contribution is 1.98. The SMILES string of the molecule is Bc1ccc(B)c(C#N)c1C#N. The summed E-state index contributed by atoms with van der Waals surface area (Å²) < 4.78 is 0. The second kappa shape index (κ2) is 3.15. The van der Waals surface area contributed by atoms with E-state index in [-0.39, 0.29) is 0 Å². The second-order valence-corrected chi connectivity index (χ2v) is 2.67. The highest BCUT2D eigenvalue weighted by Gasteiger charge is 2.06. The smallest absolute Gasteiger partial charge is 0.141 e. The largest absolute Gasteiger partial charge is 0.192 e. The predicted octanol–water partition coefficient (Wildman–Crippen LogP) is -2.05. The van der Waals surface area contributed by atoms with Gasteiger partial charge in [0.25, 0.3) is 0 Å². The van der Waals surface area contributed by atoms with Gasteiger partial charge in [-0.1, -0.05) is 23.1 Å². The van der Waals surface area contributed by atoms with Crippen molar-refractivity contribution in [1.29, 1.82) is 10.5 Å². The number of hydrogen-bond acceptors (Lipinski definition) is 2. The quantitative estimate of drug-likeness (QED) is 0.401. The molecule has 54 valence electrons. The molecule has 0 aliphatic carbocycles. The minimum Gasteiger partial charge on any atom is -0.192 e. The fraction of sp³-hybridized carbons (Fsp3) is 0. The van der Waals surface area contributed by atoms with Gasteiger partial charge in [-0.15, -0.1) is 0 Å². The van der Waals surface area contributed by atoms with Crippen LogP contribution in [-0.4, -0.2) is 15.7 Å². The van der Waals surface area contributed by atoms with E-state index in [2.05, 4.69) is 0 Å². The first-order chi connectivity index (χ1) is 5.70. The third-order valence-corrected chi connectivity index (χ3v) is 1.85. The van der Waals surface area contributed by atoms with Crippen molar-refractivity contribution < 1.29 is 0 Å². The number of benzene rings is 1. The molecular weight excluding hydrogens is 146 g/mol. The van der Waals surface area contributed by atoms with Gasteiger partial charge in [0.1, 0.15) is 15.7 Å². The summed E-state index contributed by atoms with van der Waals surface area (Å²) >= 11 is 0. The van der Waals surface area contributed by atoms with E-state index in [0.717, 1.165) is 10.9 Å². The Morgan fingerprint density at radius 3 is 1.50 bits per heavy atom. The van der Waals surface area contributed by atoms with Gasteiger partial charge in [0.15, 0.2) is 0 Å². The molecule has 0 amide bonds. The van der Waals surface area contributed by atoms with E-state index in [1.54, 1.807) is 0 Å². The molecule has 0 saturated carbocycles. The fourth-order valence-electron chi connectivity index (χ4n) is 1.10. The molecule has 0 atom stereocenters. The van der Waals surface area contributed by atoms with Crippen LogP contribution in [-0.2, 0) is 0 Å². The molecule has 0 spiro atoms. The Kier molecular flexibility index (Phi) is 2.21. The Morgan fingerprint density at radius 1 is 0.917 bits per heavy atom. The monoisotopic (exact) mass is 152 g/mol. The third-order valence-electron chi connectivity index (χ3n) is 1.85. The van der Waals surface area contributed by atoms with Gasteiger partial charge in [-0.2, -0.15) is 10.5 Å². The van der Waals surface area contributed by atoms with Gasteiger partial charge in [0.2, 0.25) is 0 Å². The van der Waals surface area contributed by atoms with Gasteiger partial charge in [-0.05, 0) is 0 Å². The molecule has 0 saturated heterocycles. The molecule has 12 heavy (non-hydrogen) atoms. The van der Waals surface area contributed by atoms with Crippen LogP contribution < -0.4 is 10.9 Å². The predicted molar refractivity (Wildman–Crippen MR) is 52.2 cm³/mol. The van der Waals surface area contributed by atoms with Gasteiger partial charge in [-0.25, -0.2) is 0 Å². The molecule has 0 heterocycles. The van der Waals surface area contributed by atoms with E-state index in [1.165, 1.54) is 0 Å². The molecule has 0 N–H and O–H groups in total. The Hall–Kier alpha value is -1.67. The molecule has 0 aliphatic rings. The van der Waals surface area contributed by atoms with E-state index in [9.17, 15) is 0 Å². The van der Waals surface area contributed by atoms with Crippen molar-refractivity contribution in [1.82, 2.24) is 0 Å². The molecule has 0 bridgehead atoms. The lowest BCUT2D eigenvalue weighted by Crippen LogP contribution is -2.19. The van der Waals surface area contributed by atoms with Crippen molar-refractivity contribution >= 4 is 26.6 Å². The lowest BCUT2D eigenvalue weighted by molar-refractivity contribution is 1.46. The maximum atomic E-state index is 8.75. The zero-order valence-corrected chi connectivity index (χ0v) is 7.05. The van der Waals surface area contributed by atoms with Gasteiger partial charge in [0.05, 0.1) is 23.3 Å². The highest BCUT2D eigenvalue weighted by atomic mass is 14.3. The van der Waals surface area contributed by atoms with Crippen molar-refractivity contribution in [3.05, 3.63) is 23.3 Å². The number of hydrogen-bond donors (Lipinski definition) is 0. The number of rotatable bonds is 0. The van der Waals surface area contributed by atoms with Gasteiger partial charge < -0.3 is 0 Å². The summed E-state index contributed by atoms with van der Waals surface area (Å²) in [5.41, 5.74) is 2.72. The molecule has 1 aromatic carbocycles. The third kappa shape index (κ3) is 1.20. The minimum atomic E-state index is 0.498. The van der Waals surface area contributed by atoms with Crippen LogP contribution in [0.25, 0.3) is 0 Å². The Labute approximate surface area is 73.3 Å². The van der Waals surface area contributed by atoms with E-state index in [1.807, 2.05) is 40.0 Å². The van der Waals surface area contributed by atoms with Crippen molar-refractivity contribution in [2.24, 2.45) is 0 Å². The summed E-state index contributed by atoms with van der Waals surface area (Å²) in [4.78, 5) is 0. The fourth-order valence-corrected chi connectivity index (χ4v) is 1.10. The van der Waals surface area contributed by atoms with Gasteiger partial charge >= 0.3 is 0 Å². The molecule has 0 aromatic heterocycles. The Bertz CT molecular complexity index is 360. The van der Waals surface area contributed by atoms with Gasteiger partial charge in [0, 0.05) is 0 Å². The standard InChI is InChI=1S/C8H6B2N2/c9-7-1-2-8(10)6(4-12)5(7)3-11/h1-2H,9-10H2. The second-order valence-electron chi connectivity index (χ2n) is 2.67. The topological polar surface area (TPSA) is 47.6 Å². The van der Waals surface area contributed by atoms with Crippen LogP contribution in [0, 0.1) is 22.7 Å². The van der Waals surface area contributed by atoms with Crippen LogP contribution in [0.15, 0.2) is 12.1 Å². The molecule has 0 radical (unpaired) electrons. The van der Waals surface area contributed by atoms with Crippen LogP contribution in [0.2, 0.25) is 0 Å². The molecule has 1 aromatic rings. The van der Waals surface area contributed by atoms with Crippen molar-refractivity contribution in [3.63, 3.8) is 0 Å². The van der Waals surface area contributed by atoms with E-state index >= 15 is 0 Å². The molecule has 4 heteroatoms. The average Bonchev–Trinajstić information content (AvgIpc) is 2.08. The molecule has 0 aliphatic heterocycles. The summed E-state index contributed by atoms with van der Waals surface area (Å²) in [6, 6.07) is 7.78.